The minimum atomic E-state index is -3.65. The zero-order valence-corrected chi connectivity index (χ0v) is 24.0. The van der Waals surface area contributed by atoms with Gasteiger partial charge in [-0.1, -0.05) is 36.7 Å². The molecule has 1 aromatic heterocycles. The Bertz CT molecular complexity index is 1590. The molecular weight excluding hydrogens is 588 g/mol. The van der Waals surface area contributed by atoms with Gasteiger partial charge in [0, 0.05) is 45.9 Å². The van der Waals surface area contributed by atoms with Crippen molar-refractivity contribution < 1.29 is 32.6 Å². The lowest BCUT2D eigenvalue weighted by atomic mass is 10.1. The summed E-state index contributed by atoms with van der Waals surface area (Å²) in [5.74, 6) is -2.71. The number of nitrogens with one attached hydrogen (secondary N) is 4. The van der Waals surface area contributed by atoms with E-state index in [0.29, 0.717) is 11.1 Å². The number of rotatable bonds is 14. The first-order valence-corrected chi connectivity index (χ1v) is 14.6. The molecule has 0 fully saturated rings. The van der Waals surface area contributed by atoms with Crippen LogP contribution < -0.4 is 26.4 Å². The molecule has 3 rings (SSSR count). The van der Waals surface area contributed by atoms with Crippen molar-refractivity contribution in [2.24, 2.45) is 5.73 Å². The van der Waals surface area contributed by atoms with E-state index in [1.807, 2.05) is 0 Å². The number of hydrogen-bond acceptors (Lipinski definition) is 9. The maximum absolute atomic E-state index is 13.1. The molecule has 13 nitrogen and oxygen atoms in total. The Hall–Kier alpha value is -4.69. The van der Waals surface area contributed by atoms with E-state index in [2.05, 4.69) is 20.9 Å². The summed E-state index contributed by atoms with van der Waals surface area (Å²) in [5.41, 5.74) is 6.99. The van der Waals surface area contributed by atoms with Crippen LogP contribution >= 0.6 is 11.6 Å². The lowest BCUT2D eigenvalue weighted by molar-refractivity contribution is -0.138. The molecule has 1 unspecified atom stereocenters. The molecule has 2 aromatic carbocycles. The Morgan fingerprint density at radius 2 is 1.86 bits per heavy atom. The number of benzene rings is 2. The van der Waals surface area contributed by atoms with Crippen LogP contribution in [0, 0.1) is 5.41 Å². The van der Waals surface area contributed by atoms with E-state index < -0.39 is 46.1 Å². The molecule has 0 spiro atoms. The van der Waals surface area contributed by atoms with Gasteiger partial charge in [-0.3, -0.25) is 24.8 Å². The molecular formula is C27H29ClN6O7S. The molecule has 7 N–H and O–H groups in total. The lowest BCUT2D eigenvalue weighted by Crippen LogP contribution is -2.33. The van der Waals surface area contributed by atoms with Crippen LogP contribution in [0.4, 0.5) is 5.69 Å². The summed E-state index contributed by atoms with van der Waals surface area (Å²) in [4.78, 5) is 39.8. The van der Waals surface area contributed by atoms with Crippen LogP contribution in [0.2, 0.25) is 5.02 Å². The van der Waals surface area contributed by atoms with Crippen LogP contribution in [0.5, 0.6) is 5.75 Å². The van der Waals surface area contributed by atoms with Crippen LogP contribution in [0.1, 0.15) is 39.5 Å². The number of aromatic nitrogens is 1. The first-order chi connectivity index (χ1) is 19.9. The number of aliphatic carboxylic acids is 1. The predicted molar refractivity (Wildman–Crippen MR) is 156 cm³/mol. The van der Waals surface area contributed by atoms with Crippen LogP contribution in [0.25, 0.3) is 0 Å². The quantitative estimate of drug-likeness (QED) is 0.114. The van der Waals surface area contributed by atoms with Gasteiger partial charge in [0.15, 0.2) is 21.8 Å². The molecule has 15 heteroatoms. The van der Waals surface area contributed by atoms with Gasteiger partial charge in [-0.15, -0.1) is 0 Å². The van der Waals surface area contributed by atoms with Crippen molar-refractivity contribution in [3.8, 4) is 5.75 Å². The number of amidine groups is 1. The minimum Gasteiger partial charge on any atom is -0.483 e. The highest BCUT2D eigenvalue weighted by atomic mass is 35.5. The van der Waals surface area contributed by atoms with Gasteiger partial charge in [-0.05, 0) is 36.4 Å². The molecule has 2 amide bonds. The second kappa shape index (κ2) is 14.3. The number of ether oxygens (including phenoxy) is 1. The summed E-state index contributed by atoms with van der Waals surface area (Å²) < 4.78 is 31.2. The van der Waals surface area contributed by atoms with Crippen LogP contribution in [-0.4, -0.2) is 61.0 Å². The highest BCUT2D eigenvalue weighted by Gasteiger charge is 2.27. The largest absolute Gasteiger partial charge is 0.483 e. The fourth-order valence-electron chi connectivity index (χ4n) is 3.65. The van der Waals surface area contributed by atoms with Crippen molar-refractivity contribution in [1.82, 2.24) is 15.6 Å². The standard InChI is InChI=1S/C27H29ClN6O7S/c1-2-42(39,40)27(21-5-3-4-8-31-21)34-20-10-18(9-19(28)12-20)26(38)33-13-17-7-6-16(25(29)30)11-22(17)41-15-23(35)32-14-24(36)37/h3-12,27,34H,2,13-15H2,1H3,(H3,29,30)(H,32,35)(H,33,38)(H,36,37). The number of anilines is 1. The number of amides is 2. The molecule has 3 aromatic rings. The molecule has 1 atom stereocenters. The number of pyridine rings is 1. The average molecular weight is 617 g/mol. The van der Waals surface area contributed by atoms with Crippen LogP contribution in [0.3, 0.4) is 0 Å². The van der Waals surface area contributed by atoms with Crippen molar-refractivity contribution in [1.29, 1.82) is 5.41 Å². The third kappa shape index (κ3) is 8.91. The Balaban J connectivity index is 1.79. The van der Waals surface area contributed by atoms with Gasteiger partial charge in [0.25, 0.3) is 11.8 Å². The minimum absolute atomic E-state index is 0.0703. The predicted octanol–water partition coefficient (Wildman–Crippen LogP) is 2.07. The molecule has 0 saturated heterocycles. The molecule has 0 saturated carbocycles. The van der Waals surface area contributed by atoms with E-state index in [4.69, 9.17) is 32.6 Å². The molecule has 0 aliphatic heterocycles. The SMILES string of the molecule is CCS(=O)(=O)C(Nc1cc(Cl)cc(C(=O)NCc2ccc(C(=N)N)cc2OCC(=O)NCC(=O)O)c1)c1ccccn1. The summed E-state index contributed by atoms with van der Waals surface area (Å²) in [6.45, 7) is 0.353. The van der Waals surface area contributed by atoms with E-state index in [1.165, 1.54) is 43.5 Å². The Morgan fingerprint density at radius 3 is 2.50 bits per heavy atom. The van der Waals surface area contributed by atoms with Gasteiger partial charge in [0.05, 0.1) is 5.69 Å². The molecule has 42 heavy (non-hydrogen) atoms. The summed E-state index contributed by atoms with van der Waals surface area (Å²) in [6.07, 6.45) is 1.48. The van der Waals surface area contributed by atoms with Gasteiger partial charge in [0.1, 0.15) is 18.1 Å². The number of hydrogen-bond donors (Lipinski definition) is 6. The number of carbonyl (C=O) groups excluding carboxylic acids is 2. The average Bonchev–Trinajstić information content (AvgIpc) is 2.96. The summed E-state index contributed by atoms with van der Waals surface area (Å²) in [7, 11) is -3.65. The summed E-state index contributed by atoms with van der Waals surface area (Å²) in [5, 5.41) is 23.2. The second-order valence-corrected chi connectivity index (χ2v) is 11.6. The van der Waals surface area contributed by atoms with Crippen LogP contribution in [0.15, 0.2) is 60.8 Å². The first-order valence-electron chi connectivity index (χ1n) is 12.5. The van der Waals surface area contributed by atoms with Crippen molar-refractivity contribution >= 4 is 50.7 Å². The number of halogens is 1. The third-order valence-electron chi connectivity index (χ3n) is 5.79. The van der Waals surface area contributed by atoms with Crippen LogP contribution in [-0.2, 0) is 26.0 Å². The fourth-order valence-corrected chi connectivity index (χ4v) is 5.04. The highest BCUT2D eigenvalue weighted by molar-refractivity contribution is 7.91. The number of carbonyl (C=O) groups is 3. The molecule has 0 aliphatic rings. The van der Waals surface area contributed by atoms with E-state index in [9.17, 15) is 22.8 Å². The smallest absolute Gasteiger partial charge is 0.322 e. The van der Waals surface area contributed by atoms with E-state index in [-0.39, 0.29) is 45.9 Å². The van der Waals surface area contributed by atoms with E-state index in [1.54, 1.807) is 24.3 Å². The van der Waals surface area contributed by atoms with E-state index >= 15 is 0 Å². The Labute approximate surface area is 246 Å². The Morgan fingerprint density at radius 1 is 1.10 bits per heavy atom. The van der Waals surface area contributed by atoms with Crippen molar-refractivity contribution in [2.45, 2.75) is 18.8 Å². The number of nitrogens with zero attached hydrogens (tertiary/aromatic N) is 1. The molecule has 0 radical (unpaired) electrons. The normalized spacial score (nSPS) is 11.7. The zero-order chi connectivity index (χ0) is 30.9. The van der Waals surface area contributed by atoms with Gasteiger partial charge in [0.2, 0.25) is 0 Å². The van der Waals surface area contributed by atoms with E-state index in [0.717, 1.165) is 0 Å². The first kappa shape index (κ1) is 31.8. The fraction of sp³-hybridized carbons (Fsp3) is 0.222. The number of nitrogens with two attached hydrogens (primary N) is 1. The van der Waals surface area contributed by atoms with Gasteiger partial charge >= 0.3 is 5.97 Å². The zero-order valence-electron chi connectivity index (χ0n) is 22.4. The summed E-state index contributed by atoms with van der Waals surface area (Å²) >= 11 is 6.27. The number of carboxylic acid groups (broad SMARTS) is 1. The van der Waals surface area contributed by atoms with Crippen molar-refractivity contribution in [3.05, 3.63) is 88.2 Å². The van der Waals surface area contributed by atoms with Gasteiger partial charge in [-0.25, -0.2) is 8.42 Å². The molecule has 222 valence electrons. The maximum atomic E-state index is 13.1. The number of nitrogen functional groups attached to an aromatic ring is 1. The van der Waals surface area contributed by atoms with Gasteiger partial charge < -0.3 is 31.5 Å². The third-order valence-corrected chi connectivity index (χ3v) is 7.89. The van der Waals surface area contributed by atoms with Crippen molar-refractivity contribution in [3.63, 3.8) is 0 Å². The summed E-state index contributed by atoms with van der Waals surface area (Å²) in [6, 6.07) is 13.8. The lowest BCUT2D eigenvalue weighted by Gasteiger charge is -2.20. The molecule has 0 aliphatic carbocycles. The van der Waals surface area contributed by atoms with Gasteiger partial charge in [-0.2, -0.15) is 0 Å². The number of sulfone groups is 1. The second-order valence-electron chi connectivity index (χ2n) is 8.84. The Kier molecular flexibility index (Phi) is 10.8. The number of carboxylic acids is 1. The highest BCUT2D eigenvalue weighted by Crippen LogP contribution is 2.27. The monoisotopic (exact) mass is 616 g/mol. The topological polar surface area (TPSA) is 214 Å². The van der Waals surface area contributed by atoms with Crippen molar-refractivity contribution in [2.75, 3.05) is 24.2 Å². The molecule has 0 bridgehead atoms. The maximum Gasteiger partial charge on any atom is 0.322 e. The molecule has 1 heterocycles.